The Morgan fingerprint density at radius 1 is 1.41 bits per heavy atom. The van der Waals surface area contributed by atoms with Crippen molar-refractivity contribution < 1.29 is 19.0 Å². The minimum absolute atomic E-state index is 0.144. The molecule has 2 heterocycles. The highest BCUT2D eigenvalue weighted by Crippen LogP contribution is 2.26. The van der Waals surface area contributed by atoms with Crippen LogP contribution < -0.4 is 9.47 Å². The minimum atomic E-state index is -0.483. The van der Waals surface area contributed by atoms with Crippen LogP contribution in [-0.2, 0) is 4.74 Å². The average Bonchev–Trinajstić information content (AvgIpc) is 2.38. The van der Waals surface area contributed by atoms with E-state index < -0.39 is 5.97 Å². The van der Waals surface area contributed by atoms with Crippen LogP contribution in [0.2, 0.25) is 0 Å². The third kappa shape index (κ3) is 2.83. The van der Waals surface area contributed by atoms with E-state index in [9.17, 15) is 4.79 Å². The Kier molecular flexibility index (Phi) is 3.74. The van der Waals surface area contributed by atoms with E-state index in [0.717, 1.165) is 12.8 Å². The second kappa shape index (κ2) is 5.47. The van der Waals surface area contributed by atoms with Crippen molar-refractivity contribution in [2.24, 2.45) is 0 Å². The third-order valence-corrected chi connectivity index (χ3v) is 2.25. The molecule has 0 unspecified atom stereocenters. The Morgan fingerprint density at radius 2 is 2.24 bits per heavy atom. The fraction of sp³-hybridized carbons (Fsp3) is 0.545. The molecule has 6 heteroatoms. The van der Waals surface area contributed by atoms with Gasteiger partial charge in [0.2, 0.25) is 0 Å². The van der Waals surface area contributed by atoms with Gasteiger partial charge in [0, 0.05) is 6.07 Å². The van der Waals surface area contributed by atoms with Gasteiger partial charge in [0.25, 0.3) is 5.88 Å². The summed E-state index contributed by atoms with van der Waals surface area (Å²) in [4.78, 5) is 11.6. The number of nitrogens with zero attached hydrogens (tertiary/aromatic N) is 2. The Morgan fingerprint density at radius 3 is 3.06 bits per heavy atom. The SMILES string of the molecule is CCCCOC(=O)c1cc2c(nn1)OCCO2. The second-order valence-electron chi connectivity index (χ2n) is 3.59. The van der Waals surface area contributed by atoms with Gasteiger partial charge >= 0.3 is 5.97 Å². The lowest BCUT2D eigenvalue weighted by atomic mass is 10.3. The maximum atomic E-state index is 11.6. The molecule has 92 valence electrons. The Hall–Kier alpha value is -1.85. The molecular weight excluding hydrogens is 224 g/mol. The molecule has 0 aromatic carbocycles. The molecule has 6 nitrogen and oxygen atoms in total. The number of unbranched alkanes of at least 4 members (excludes halogenated alkanes) is 1. The molecule has 0 fully saturated rings. The average molecular weight is 238 g/mol. The van der Waals surface area contributed by atoms with Gasteiger partial charge in [-0.25, -0.2) is 4.79 Å². The summed E-state index contributed by atoms with van der Waals surface area (Å²) in [7, 11) is 0. The van der Waals surface area contributed by atoms with Gasteiger partial charge in [-0.3, -0.25) is 0 Å². The molecule has 0 radical (unpaired) electrons. The van der Waals surface area contributed by atoms with E-state index in [-0.39, 0.29) is 5.69 Å². The molecule has 1 aromatic heterocycles. The van der Waals surface area contributed by atoms with Gasteiger partial charge in [-0.05, 0) is 6.42 Å². The lowest BCUT2D eigenvalue weighted by Crippen LogP contribution is -2.18. The van der Waals surface area contributed by atoms with Crippen LogP contribution in [0.5, 0.6) is 11.6 Å². The predicted octanol–water partition coefficient (Wildman–Crippen LogP) is 1.20. The summed E-state index contributed by atoms with van der Waals surface area (Å²) in [6.07, 6.45) is 1.81. The molecule has 0 N–H and O–H groups in total. The summed E-state index contributed by atoms with van der Waals surface area (Å²) in [5.74, 6) is 0.276. The van der Waals surface area contributed by atoms with E-state index in [1.807, 2.05) is 6.92 Å². The lowest BCUT2D eigenvalue weighted by molar-refractivity contribution is 0.0489. The molecular formula is C11H14N2O4. The molecule has 1 aliphatic rings. The van der Waals surface area contributed by atoms with Gasteiger partial charge < -0.3 is 14.2 Å². The number of fused-ring (bicyclic) bond motifs is 1. The number of carbonyl (C=O) groups is 1. The van der Waals surface area contributed by atoms with Gasteiger partial charge in [0.05, 0.1) is 6.61 Å². The molecule has 1 aliphatic heterocycles. The summed E-state index contributed by atoms with van der Waals surface area (Å²) in [6.45, 7) is 3.31. The first-order valence-corrected chi connectivity index (χ1v) is 5.61. The quantitative estimate of drug-likeness (QED) is 0.580. The van der Waals surface area contributed by atoms with Gasteiger partial charge in [-0.2, -0.15) is 0 Å². The van der Waals surface area contributed by atoms with E-state index in [2.05, 4.69) is 10.2 Å². The van der Waals surface area contributed by atoms with Crippen molar-refractivity contribution >= 4 is 5.97 Å². The predicted molar refractivity (Wildman–Crippen MR) is 58.2 cm³/mol. The number of carbonyl (C=O) groups excluding carboxylic acids is 1. The van der Waals surface area contributed by atoms with Gasteiger partial charge in [-0.15, -0.1) is 10.2 Å². The van der Waals surface area contributed by atoms with Crippen molar-refractivity contribution in [2.45, 2.75) is 19.8 Å². The first kappa shape index (κ1) is 11.6. The van der Waals surface area contributed by atoms with Crippen molar-refractivity contribution in [3.05, 3.63) is 11.8 Å². The highest BCUT2D eigenvalue weighted by molar-refractivity contribution is 5.87. The monoisotopic (exact) mass is 238 g/mol. The van der Waals surface area contributed by atoms with Crippen LogP contribution in [0, 0.1) is 0 Å². The van der Waals surface area contributed by atoms with Gasteiger partial charge in [0.15, 0.2) is 11.4 Å². The maximum Gasteiger partial charge on any atom is 0.359 e. The summed E-state index contributed by atoms with van der Waals surface area (Å²) in [6, 6.07) is 1.50. The van der Waals surface area contributed by atoms with Crippen LogP contribution in [0.1, 0.15) is 30.3 Å². The Bertz CT molecular complexity index is 408. The number of hydrogen-bond acceptors (Lipinski definition) is 6. The van der Waals surface area contributed by atoms with Gasteiger partial charge in [-0.1, -0.05) is 13.3 Å². The van der Waals surface area contributed by atoms with Crippen LogP contribution in [0.25, 0.3) is 0 Å². The normalized spacial score (nSPS) is 13.2. The number of rotatable bonds is 4. The highest BCUT2D eigenvalue weighted by atomic mass is 16.6. The zero-order valence-corrected chi connectivity index (χ0v) is 9.64. The summed E-state index contributed by atoms with van der Waals surface area (Å²) in [5.41, 5.74) is 0.144. The van der Waals surface area contributed by atoms with Crippen molar-refractivity contribution in [2.75, 3.05) is 19.8 Å². The van der Waals surface area contributed by atoms with E-state index in [0.29, 0.717) is 31.5 Å². The molecule has 0 amide bonds. The first-order chi connectivity index (χ1) is 8.31. The summed E-state index contributed by atoms with van der Waals surface area (Å²) in [5, 5.41) is 7.51. The molecule has 0 saturated heterocycles. The smallest absolute Gasteiger partial charge is 0.359 e. The molecule has 0 saturated carbocycles. The van der Waals surface area contributed by atoms with Crippen LogP contribution >= 0.6 is 0 Å². The van der Waals surface area contributed by atoms with E-state index in [4.69, 9.17) is 14.2 Å². The molecule has 0 aliphatic carbocycles. The van der Waals surface area contributed by atoms with Crippen molar-refractivity contribution in [3.63, 3.8) is 0 Å². The molecule has 17 heavy (non-hydrogen) atoms. The highest BCUT2D eigenvalue weighted by Gasteiger charge is 2.18. The molecule has 0 spiro atoms. The standard InChI is InChI=1S/C11H14N2O4/c1-2-3-4-17-11(14)8-7-9-10(13-12-8)16-6-5-15-9/h7H,2-6H2,1H3. The minimum Gasteiger partial charge on any atom is -0.484 e. The zero-order chi connectivity index (χ0) is 12.1. The number of aromatic nitrogens is 2. The Balaban J connectivity index is 2.03. The molecule has 2 rings (SSSR count). The molecule has 0 atom stereocenters. The third-order valence-electron chi connectivity index (χ3n) is 2.25. The maximum absolute atomic E-state index is 11.6. The van der Waals surface area contributed by atoms with Gasteiger partial charge in [0.1, 0.15) is 13.2 Å². The van der Waals surface area contributed by atoms with Crippen molar-refractivity contribution in [1.29, 1.82) is 0 Å². The van der Waals surface area contributed by atoms with E-state index in [1.54, 1.807) is 0 Å². The van der Waals surface area contributed by atoms with Crippen LogP contribution in [0.4, 0.5) is 0 Å². The van der Waals surface area contributed by atoms with E-state index >= 15 is 0 Å². The fourth-order valence-electron chi connectivity index (χ4n) is 1.34. The largest absolute Gasteiger partial charge is 0.484 e. The number of esters is 1. The summed E-state index contributed by atoms with van der Waals surface area (Å²) < 4.78 is 15.5. The lowest BCUT2D eigenvalue weighted by Gasteiger charge is -2.16. The zero-order valence-electron chi connectivity index (χ0n) is 9.64. The first-order valence-electron chi connectivity index (χ1n) is 5.61. The fourth-order valence-corrected chi connectivity index (χ4v) is 1.34. The topological polar surface area (TPSA) is 70.5 Å². The number of ether oxygens (including phenoxy) is 3. The Labute approximate surface area is 98.9 Å². The van der Waals surface area contributed by atoms with Crippen LogP contribution in [0.15, 0.2) is 6.07 Å². The molecule has 0 bridgehead atoms. The number of hydrogen-bond donors (Lipinski definition) is 0. The second-order valence-corrected chi connectivity index (χ2v) is 3.59. The van der Waals surface area contributed by atoms with Crippen molar-refractivity contribution in [3.8, 4) is 11.6 Å². The van der Waals surface area contributed by atoms with Crippen molar-refractivity contribution in [1.82, 2.24) is 10.2 Å². The molecule has 1 aromatic rings. The van der Waals surface area contributed by atoms with E-state index in [1.165, 1.54) is 6.07 Å². The summed E-state index contributed by atoms with van der Waals surface area (Å²) >= 11 is 0. The van der Waals surface area contributed by atoms with Crippen LogP contribution in [0.3, 0.4) is 0 Å². The van der Waals surface area contributed by atoms with Crippen LogP contribution in [-0.4, -0.2) is 36.0 Å².